The van der Waals surface area contributed by atoms with E-state index in [0.717, 1.165) is 6.42 Å². The highest BCUT2D eigenvalue weighted by atomic mass is 32.1. The van der Waals surface area contributed by atoms with E-state index in [1.807, 2.05) is 13.8 Å². The number of thiophene rings is 1. The molecule has 0 spiro atoms. The first-order chi connectivity index (χ1) is 7.63. The van der Waals surface area contributed by atoms with Crippen LogP contribution in [0, 0.1) is 0 Å². The zero-order chi connectivity index (χ0) is 12.0. The highest BCUT2D eigenvalue weighted by Gasteiger charge is 2.16. The number of hydrogen-bond acceptors (Lipinski definition) is 4. The van der Waals surface area contributed by atoms with Gasteiger partial charge in [-0.05, 0) is 49.6 Å². The number of carbonyl (C=O) groups excluding carboxylic acids is 1. The van der Waals surface area contributed by atoms with Gasteiger partial charge in [-0.2, -0.15) is 11.3 Å². The van der Waals surface area contributed by atoms with E-state index < -0.39 is 0 Å². The molecule has 0 radical (unpaired) electrons. The lowest BCUT2D eigenvalue weighted by Gasteiger charge is -2.18. The lowest BCUT2D eigenvalue weighted by Crippen LogP contribution is -2.41. The highest BCUT2D eigenvalue weighted by molar-refractivity contribution is 7.07. The average Bonchev–Trinajstić information content (AvgIpc) is 2.70. The van der Waals surface area contributed by atoms with Crippen molar-refractivity contribution in [3.63, 3.8) is 0 Å². The van der Waals surface area contributed by atoms with Gasteiger partial charge in [-0.15, -0.1) is 0 Å². The predicted molar refractivity (Wildman–Crippen MR) is 66.7 cm³/mol. The molecule has 0 bridgehead atoms. The largest absolute Gasteiger partial charge is 0.465 e. The Hall–Kier alpha value is -0.870. The van der Waals surface area contributed by atoms with Crippen LogP contribution in [0.5, 0.6) is 0 Å². The molecule has 1 rings (SSSR count). The summed E-state index contributed by atoms with van der Waals surface area (Å²) in [5, 5.41) is 7.43. The van der Waals surface area contributed by atoms with Crippen molar-refractivity contribution >= 4 is 17.3 Å². The standard InChI is InChI=1S/C12H19NO2S/c1-4-15-12(14)10(3)13-9(2)7-11-5-6-16-8-11/h5-6,8-10,13H,4,7H2,1-3H3. The zero-order valence-electron chi connectivity index (χ0n) is 10.0. The normalized spacial score (nSPS) is 14.4. The molecule has 3 nitrogen and oxygen atoms in total. The van der Waals surface area contributed by atoms with E-state index in [0.29, 0.717) is 6.61 Å². The van der Waals surface area contributed by atoms with Crippen LogP contribution in [0.3, 0.4) is 0 Å². The number of carbonyl (C=O) groups is 1. The van der Waals surface area contributed by atoms with Gasteiger partial charge in [-0.25, -0.2) is 0 Å². The van der Waals surface area contributed by atoms with E-state index >= 15 is 0 Å². The van der Waals surface area contributed by atoms with E-state index in [4.69, 9.17) is 4.74 Å². The van der Waals surface area contributed by atoms with Crippen molar-refractivity contribution in [1.29, 1.82) is 0 Å². The molecule has 0 aliphatic rings. The summed E-state index contributed by atoms with van der Waals surface area (Å²) < 4.78 is 4.94. The molecule has 0 aliphatic heterocycles. The van der Waals surface area contributed by atoms with Crippen molar-refractivity contribution in [1.82, 2.24) is 5.32 Å². The van der Waals surface area contributed by atoms with Crippen LogP contribution in [0.4, 0.5) is 0 Å². The fraction of sp³-hybridized carbons (Fsp3) is 0.583. The molecule has 1 N–H and O–H groups in total. The summed E-state index contributed by atoms with van der Waals surface area (Å²) in [6, 6.07) is 2.14. The molecule has 1 aromatic rings. The Bertz CT molecular complexity index is 311. The number of hydrogen-bond donors (Lipinski definition) is 1. The maximum atomic E-state index is 11.4. The van der Waals surface area contributed by atoms with Crippen molar-refractivity contribution in [3.05, 3.63) is 22.4 Å². The molecule has 16 heavy (non-hydrogen) atoms. The summed E-state index contributed by atoms with van der Waals surface area (Å²) in [7, 11) is 0. The minimum Gasteiger partial charge on any atom is -0.465 e. The number of nitrogens with one attached hydrogen (secondary N) is 1. The summed E-state index contributed by atoms with van der Waals surface area (Å²) in [4.78, 5) is 11.4. The van der Waals surface area contributed by atoms with Crippen molar-refractivity contribution in [3.8, 4) is 0 Å². The van der Waals surface area contributed by atoms with Crippen LogP contribution >= 0.6 is 11.3 Å². The topological polar surface area (TPSA) is 38.3 Å². The Morgan fingerprint density at radius 1 is 1.56 bits per heavy atom. The molecule has 0 aliphatic carbocycles. The molecule has 0 saturated carbocycles. The van der Waals surface area contributed by atoms with E-state index in [1.165, 1.54) is 5.56 Å². The lowest BCUT2D eigenvalue weighted by atomic mass is 10.1. The Morgan fingerprint density at radius 2 is 2.31 bits per heavy atom. The second kappa shape index (κ2) is 6.66. The van der Waals surface area contributed by atoms with Gasteiger partial charge in [-0.1, -0.05) is 0 Å². The lowest BCUT2D eigenvalue weighted by molar-refractivity contribution is -0.145. The Balaban J connectivity index is 2.33. The number of ether oxygens (including phenoxy) is 1. The first-order valence-corrected chi connectivity index (χ1v) is 6.51. The van der Waals surface area contributed by atoms with Gasteiger partial charge in [0.25, 0.3) is 0 Å². The molecule has 2 unspecified atom stereocenters. The van der Waals surface area contributed by atoms with Crippen LogP contribution in [-0.4, -0.2) is 24.7 Å². The van der Waals surface area contributed by atoms with Crippen LogP contribution in [-0.2, 0) is 16.0 Å². The summed E-state index contributed by atoms with van der Waals surface area (Å²) in [6.45, 7) is 6.17. The van der Waals surface area contributed by atoms with Crippen molar-refractivity contribution in [2.45, 2.75) is 39.3 Å². The predicted octanol–water partition coefficient (Wildman–Crippen LogP) is 2.22. The molecular weight excluding hydrogens is 222 g/mol. The number of rotatable bonds is 6. The summed E-state index contributed by atoms with van der Waals surface area (Å²) in [6.07, 6.45) is 0.938. The average molecular weight is 241 g/mol. The monoisotopic (exact) mass is 241 g/mol. The van der Waals surface area contributed by atoms with Gasteiger partial charge in [-0.3, -0.25) is 4.79 Å². The molecule has 0 aromatic carbocycles. The molecule has 1 aromatic heterocycles. The second-order valence-corrected chi connectivity index (χ2v) is 4.66. The van der Waals surface area contributed by atoms with Gasteiger partial charge >= 0.3 is 5.97 Å². The van der Waals surface area contributed by atoms with Crippen LogP contribution in [0.25, 0.3) is 0 Å². The molecule has 0 saturated heterocycles. The van der Waals surface area contributed by atoms with Gasteiger partial charge in [0.15, 0.2) is 0 Å². The molecule has 1 heterocycles. The Labute approximate surface area is 101 Å². The zero-order valence-corrected chi connectivity index (χ0v) is 10.8. The van der Waals surface area contributed by atoms with Gasteiger partial charge in [0.05, 0.1) is 6.61 Å². The number of esters is 1. The van der Waals surface area contributed by atoms with Crippen molar-refractivity contribution < 1.29 is 9.53 Å². The summed E-state index contributed by atoms with van der Waals surface area (Å²) in [5.41, 5.74) is 1.31. The first-order valence-electron chi connectivity index (χ1n) is 5.57. The van der Waals surface area contributed by atoms with E-state index in [9.17, 15) is 4.79 Å². The maximum Gasteiger partial charge on any atom is 0.322 e. The maximum absolute atomic E-state index is 11.4. The van der Waals surface area contributed by atoms with Crippen LogP contribution in [0.15, 0.2) is 16.8 Å². The minimum absolute atomic E-state index is 0.181. The van der Waals surface area contributed by atoms with E-state index in [-0.39, 0.29) is 18.1 Å². The third kappa shape index (κ3) is 4.33. The van der Waals surface area contributed by atoms with Crippen molar-refractivity contribution in [2.24, 2.45) is 0 Å². The van der Waals surface area contributed by atoms with Crippen LogP contribution < -0.4 is 5.32 Å². The highest BCUT2D eigenvalue weighted by Crippen LogP contribution is 2.08. The van der Waals surface area contributed by atoms with Crippen molar-refractivity contribution in [2.75, 3.05) is 6.61 Å². The van der Waals surface area contributed by atoms with Crippen LogP contribution in [0.1, 0.15) is 26.3 Å². The quantitative estimate of drug-likeness (QED) is 0.776. The SMILES string of the molecule is CCOC(=O)C(C)NC(C)Cc1ccsc1. The summed E-state index contributed by atoms with van der Waals surface area (Å²) >= 11 is 1.70. The first kappa shape index (κ1) is 13.2. The molecule has 2 atom stereocenters. The van der Waals surface area contributed by atoms with Crippen LogP contribution in [0.2, 0.25) is 0 Å². The van der Waals surface area contributed by atoms with E-state index in [1.54, 1.807) is 11.3 Å². The molecule has 4 heteroatoms. The van der Waals surface area contributed by atoms with Gasteiger partial charge in [0, 0.05) is 6.04 Å². The minimum atomic E-state index is -0.242. The molecule has 0 fully saturated rings. The third-order valence-corrected chi connectivity index (χ3v) is 3.03. The second-order valence-electron chi connectivity index (χ2n) is 3.88. The Morgan fingerprint density at radius 3 is 2.88 bits per heavy atom. The molecular formula is C12H19NO2S. The van der Waals surface area contributed by atoms with E-state index in [2.05, 4.69) is 29.1 Å². The Kier molecular flexibility index (Phi) is 5.49. The van der Waals surface area contributed by atoms with Gasteiger partial charge in [0.1, 0.15) is 6.04 Å². The fourth-order valence-electron chi connectivity index (χ4n) is 1.58. The van der Waals surface area contributed by atoms with Gasteiger partial charge in [0.2, 0.25) is 0 Å². The fourth-order valence-corrected chi connectivity index (χ4v) is 2.26. The molecule has 0 amide bonds. The van der Waals surface area contributed by atoms with Gasteiger partial charge < -0.3 is 10.1 Å². The summed E-state index contributed by atoms with van der Waals surface area (Å²) in [5.74, 6) is -0.181. The molecule has 90 valence electrons. The third-order valence-electron chi connectivity index (χ3n) is 2.30. The smallest absolute Gasteiger partial charge is 0.322 e.